The van der Waals surface area contributed by atoms with Gasteiger partial charge in [-0.3, -0.25) is 4.79 Å². The molecule has 0 bridgehead atoms. The summed E-state index contributed by atoms with van der Waals surface area (Å²) in [5.41, 5.74) is 1.93. The fraction of sp³-hybridized carbons (Fsp3) is 0.190. The van der Waals surface area contributed by atoms with Crippen LogP contribution in [0.25, 0.3) is 0 Å². The lowest BCUT2D eigenvalue weighted by atomic mass is 10.2. The van der Waals surface area contributed by atoms with Crippen LogP contribution in [0.3, 0.4) is 0 Å². The molecule has 3 aromatic rings. The van der Waals surface area contributed by atoms with Crippen LogP contribution in [0.1, 0.15) is 30.0 Å². The first-order valence-corrected chi connectivity index (χ1v) is 8.85. The molecule has 2 N–H and O–H groups in total. The monoisotopic (exact) mass is 380 g/mol. The molecule has 0 aliphatic heterocycles. The van der Waals surface area contributed by atoms with Gasteiger partial charge in [0, 0.05) is 17.1 Å². The highest BCUT2D eigenvalue weighted by Gasteiger charge is 2.12. The Morgan fingerprint density at radius 1 is 1.04 bits per heavy atom. The van der Waals surface area contributed by atoms with Crippen molar-refractivity contribution in [3.05, 3.63) is 71.8 Å². The summed E-state index contributed by atoms with van der Waals surface area (Å²) in [6.07, 6.45) is 0.0773. The number of nitrogens with zero attached hydrogens (tertiary/aromatic N) is 2. The van der Waals surface area contributed by atoms with Crippen molar-refractivity contribution < 1.29 is 13.9 Å². The molecule has 0 unspecified atom stereocenters. The van der Waals surface area contributed by atoms with E-state index < -0.39 is 0 Å². The quantitative estimate of drug-likeness (QED) is 0.648. The number of rotatable bonds is 6. The van der Waals surface area contributed by atoms with Crippen molar-refractivity contribution in [2.45, 2.75) is 26.9 Å². The van der Waals surface area contributed by atoms with Gasteiger partial charge in [0.1, 0.15) is 17.3 Å². The predicted molar refractivity (Wildman–Crippen MR) is 107 cm³/mol. The summed E-state index contributed by atoms with van der Waals surface area (Å²) in [6, 6.07) is 14.6. The number of carbonyl (C=O) groups excluding carboxylic acids is 1. The van der Waals surface area contributed by atoms with E-state index in [1.807, 2.05) is 13.8 Å². The summed E-state index contributed by atoms with van der Waals surface area (Å²) in [5.74, 6) is 0.203. The van der Waals surface area contributed by atoms with Crippen LogP contribution in [0.4, 0.5) is 21.7 Å². The Hall–Kier alpha value is -3.48. The number of amides is 1. The van der Waals surface area contributed by atoms with Crippen LogP contribution in [-0.2, 0) is 0 Å². The fourth-order valence-electron chi connectivity index (χ4n) is 2.52. The van der Waals surface area contributed by atoms with E-state index in [0.717, 1.165) is 5.75 Å². The number of benzene rings is 2. The zero-order chi connectivity index (χ0) is 20.1. The van der Waals surface area contributed by atoms with E-state index in [1.54, 1.807) is 49.4 Å². The first kappa shape index (κ1) is 19.3. The lowest BCUT2D eigenvalue weighted by Gasteiger charge is -2.11. The smallest absolute Gasteiger partial charge is 0.274 e. The molecule has 6 nitrogen and oxygen atoms in total. The van der Waals surface area contributed by atoms with Crippen LogP contribution in [0.5, 0.6) is 5.75 Å². The number of ether oxygens (including phenoxy) is 1. The van der Waals surface area contributed by atoms with Gasteiger partial charge in [-0.2, -0.15) is 0 Å². The molecule has 0 radical (unpaired) electrons. The van der Waals surface area contributed by atoms with Crippen molar-refractivity contribution in [3.8, 4) is 5.75 Å². The van der Waals surface area contributed by atoms with Gasteiger partial charge >= 0.3 is 0 Å². The Bertz CT molecular complexity index is 974. The van der Waals surface area contributed by atoms with Crippen LogP contribution >= 0.6 is 0 Å². The molecule has 0 aliphatic rings. The molecule has 2 aromatic carbocycles. The van der Waals surface area contributed by atoms with Crippen molar-refractivity contribution in [2.24, 2.45) is 0 Å². The second kappa shape index (κ2) is 8.47. The normalized spacial score (nSPS) is 10.6. The van der Waals surface area contributed by atoms with E-state index in [-0.39, 0.29) is 29.5 Å². The first-order chi connectivity index (χ1) is 13.4. The maximum absolute atomic E-state index is 13.3. The lowest BCUT2D eigenvalue weighted by Crippen LogP contribution is -2.15. The van der Waals surface area contributed by atoms with Crippen molar-refractivity contribution in [1.82, 2.24) is 9.97 Å². The molecule has 0 atom stereocenters. The Kier molecular flexibility index (Phi) is 5.84. The maximum Gasteiger partial charge on any atom is 0.274 e. The van der Waals surface area contributed by atoms with Crippen molar-refractivity contribution in [3.63, 3.8) is 0 Å². The minimum atomic E-state index is -0.375. The fourth-order valence-corrected chi connectivity index (χ4v) is 2.52. The molecule has 0 aliphatic carbocycles. The Labute approximate surface area is 162 Å². The molecular weight excluding hydrogens is 359 g/mol. The first-order valence-electron chi connectivity index (χ1n) is 8.85. The molecular formula is C21H21FN4O2. The number of aryl methyl sites for hydroxylation is 1. The standard InChI is InChI=1S/C21H21FN4O2/c1-13(2)28-18-9-7-16(8-10-18)24-20(27)19-11-14(3)23-21(26-19)25-17-6-4-5-15(22)12-17/h4-13H,1-3H3,(H,24,27)(H,23,25,26). The summed E-state index contributed by atoms with van der Waals surface area (Å²) < 4.78 is 18.9. The molecule has 0 saturated heterocycles. The van der Waals surface area contributed by atoms with Gasteiger partial charge in [0.05, 0.1) is 6.10 Å². The van der Waals surface area contributed by atoms with E-state index in [0.29, 0.717) is 17.1 Å². The van der Waals surface area contributed by atoms with E-state index in [4.69, 9.17) is 4.74 Å². The number of hydrogen-bond donors (Lipinski definition) is 2. The number of hydrogen-bond acceptors (Lipinski definition) is 5. The van der Waals surface area contributed by atoms with E-state index in [1.165, 1.54) is 12.1 Å². The number of halogens is 1. The SMILES string of the molecule is Cc1cc(C(=O)Nc2ccc(OC(C)C)cc2)nc(Nc2cccc(F)c2)n1. The number of anilines is 3. The molecule has 1 aromatic heterocycles. The highest BCUT2D eigenvalue weighted by Crippen LogP contribution is 2.19. The molecule has 3 rings (SSSR count). The average molecular weight is 380 g/mol. The zero-order valence-electron chi connectivity index (χ0n) is 15.9. The number of carbonyl (C=O) groups is 1. The molecule has 0 spiro atoms. The van der Waals surface area contributed by atoms with Gasteiger partial charge in [-0.15, -0.1) is 0 Å². The topological polar surface area (TPSA) is 76.1 Å². The third kappa shape index (κ3) is 5.26. The molecule has 28 heavy (non-hydrogen) atoms. The Morgan fingerprint density at radius 2 is 1.79 bits per heavy atom. The summed E-state index contributed by atoms with van der Waals surface area (Å²) >= 11 is 0. The highest BCUT2D eigenvalue weighted by atomic mass is 19.1. The number of aromatic nitrogens is 2. The van der Waals surface area contributed by atoms with Gasteiger partial charge in [0.15, 0.2) is 0 Å². The van der Waals surface area contributed by atoms with Crippen LogP contribution in [0, 0.1) is 12.7 Å². The molecule has 7 heteroatoms. The van der Waals surface area contributed by atoms with Crippen LogP contribution < -0.4 is 15.4 Å². The van der Waals surface area contributed by atoms with Crippen molar-refractivity contribution in [2.75, 3.05) is 10.6 Å². The van der Waals surface area contributed by atoms with Crippen molar-refractivity contribution in [1.29, 1.82) is 0 Å². The maximum atomic E-state index is 13.3. The van der Waals surface area contributed by atoms with Crippen LogP contribution in [0.15, 0.2) is 54.6 Å². The summed E-state index contributed by atoms with van der Waals surface area (Å²) in [7, 11) is 0. The predicted octanol–water partition coefficient (Wildman–Crippen LogP) is 4.71. The minimum Gasteiger partial charge on any atom is -0.491 e. The van der Waals surface area contributed by atoms with Crippen LogP contribution in [-0.4, -0.2) is 22.0 Å². The second-order valence-corrected chi connectivity index (χ2v) is 6.50. The van der Waals surface area contributed by atoms with Gasteiger partial charge in [-0.1, -0.05) is 6.07 Å². The summed E-state index contributed by atoms with van der Waals surface area (Å²) in [6.45, 7) is 5.65. The van der Waals surface area contributed by atoms with E-state index in [9.17, 15) is 9.18 Å². The zero-order valence-corrected chi connectivity index (χ0v) is 15.9. The molecule has 1 heterocycles. The van der Waals surface area contributed by atoms with E-state index >= 15 is 0 Å². The Balaban J connectivity index is 1.73. The van der Waals surface area contributed by atoms with E-state index in [2.05, 4.69) is 20.6 Å². The molecule has 0 saturated carbocycles. The summed E-state index contributed by atoms with van der Waals surface area (Å²) in [5, 5.41) is 5.71. The van der Waals surface area contributed by atoms with Gasteiger partial charge in [0.2, 0.25) is 5.95 Å². The van der Waals surface area contributed by atoms with Gasteiger partial charge in [-0.05, 0) is 69.3 Å². The van der Waals surface area contributed by atoms with Gasteiger partial charge in [0.25, 0.3) is 5.91 Å². The second-order valence-electron chi connectivity index (χ2n) is 6.50. The third-order valence-electron chi connectivity index (χ3n) is 3.65. The molecule has 0 fully saturated rings. The van der Waals surface area contributed by atoms with Gasteiger partial charge < -0.3 is 15.4 Å². The number of nitrogens with one attached hydrogen (secondary N) is 2. The lowest BCUT2D eigenvalue weighted by molar-refractivity contribution is 0.102. The Morgan fingerprint density at radius 3 is 2.46 bits per heavy atom. The van der Waals surface area contributed by atoms with Gasteiger partial charge in [-0.25, -0.2) is 14.4 Å². The third-order valence-corrected chi connectivity index (χ3v) is 3.65. The molecule has 1 amide bonds. The average Bonchev–Trinajstić information content (AvgIpc) is 2.62. The largest absolute Gasteiger partial charge is 0.491 e. The highest BCUT2D eigenvalue weighted by molar-refractivity contribution is 6.03. The van der Waals surface area contributed by atoms with Crippen molar-refractivity contribution >= 4 is 23.2 Å². The van der Waals surface area contributed by atoms with Crippen LogP contribution in [0.2, 0.25) is 0 Å². The summed E-state index contributed by atoms with van der Waals surface area (Å²) in [4.78, 5) is 21.0. The molecule has 144 valence electrons. The minimum absolute atomic E-state index is 0.0773.